The van der Waals surface area contributed by atoms with E-state index in [-0.39, 0.29) is 5.91 Å². The summed E-state index contributed by atoms with van der Waals surface area (Å²) in [4.78, 5) is 14.4. The van der Waals surface area contributed by atoms with Crippen molar-refractivity contribution in [3.8, 4) is 5.69 Å². The normalized spacial score (nSPS) is 11.1. The highest BCUT2D eigenvalue weighted by Gasteiger charge is 2.18. The average Bonchev–Trinajstić information content (AvgIpc) is 3.24. The number of anilines is 1. The number of carbonyl (C=O) groups excluding carboxylic acids is 1. The Labute approximate surface area is 162 Å². The number of nitrogens with one attached hydrogen (secondary N) is 1. The maximum atomic E-state index is 12.7. The van der Waals surface area contributed by atoms with Crippen molar-refractivity contribution in [3.05, 3.63) is 76.3 Å². The van der Waals surface area contributed by atoms with Gasteiger partial charge in [-0.2, -0.15) is 5.10 Å². The fourth-order valence-corrected chi connectivity index (χ4v) is 4.21. The smallest absolute Gasteiger partial charge is 0.265 e. The first kappa shape index (κ1) is 17.5. The minimum absolute atomic E-state index is 0.0869. The molecule has 0 saturated heterocycles. The molecule has 4 nitrogen and oxygen atoms in total. The molecule has 2 heterocycles. The Bertz CT molecular complexity index is 1120. The number of carbonyl (C=O) groups is 1. The van der Waals surface area contributed by atoms with Crippen LogP contribution >= 0.6 is 11.3 Å². The fourth-order valence-electron chi connectivity index (χ4n) is 3.14. The lowest BCUT2D eigenvalue weighted by atomic mass is 10.1. The summed E-state index contributed by atoms with van der Waals surface area (Å²) < 4.78 is 1.94. The topological polar surface area (TPSA) is 46.9 Å². The van der Waals surface area contributed by atoms with Crippen molar-refractivity contribution in [1.29, 1.82) is 0 Å². The molecular weight excluding hydrogens is 354 g/mol. The molecule has 0 aliphatic heterocycles. The summed E-state index contributed by atoms with van der Waals surface area (Å²) >= 11 is 1.47. The highest BCUT2D eigenvalue weighted by atomic mass is 32.1. The van der Waals surface area contributed by atoms with Gasteiger partial charge in [-0.25, -0.2) is 4.68 Å². The van der Waals surface area contributed by atoms with Crippen LogP contribution in [0.15, 0.2) is 54.6 Å². The number of benzene rings is 2. The van der Waals surface area contributed by atoms with Gasteiger partial charge in [-0.05, 0) is 55.7 Å². The maximum absolute atomic E-state index is 12.7. The van der Waals surface area contributed by atoms with Gasteiger partial charge in [0.2, 0.25) is 0 Å². The first-order valence-electron chi connectivity index (χ1n) is 9.02. The Morgan fingerprint density at radius 1 is 1.11 bits per heavy atom. The van der Waals surface area contributed by atoms with Gasteiger partial charge < -0.3 is 5.32 Å². The number of nitrogens with zero attached hydrogens (tertiary/aromatic N) is 2. The lowest BCUT2D eigenvalue weighted by Gasteiger charge is -2.06. The van der Waals surface area contributed by atoms with Gasteiger partial charge in [-0.15, -0.1) is 11.3 Å². The molecule has 0 radical (unpaired) electrons. The number of aromatic nitrogens is 2. The standard InChI is InChI=1S/C22H21N3OS/c1-4-16-9-11-17(12-10-16)23-21(26)20-13-18-15(3)24-25(22(18)27-20)19-8-6-5-7-14(19)2/h5-13H,4H2,1-3H3,(H,23,26). The number of amides is 1. The van der Waals surface area contributed by atoms with Crippen LogP contribution in [0.4, 0.5) is 5.69 Å². The minimum Gasteiger partial charge on any atom is -0.321 e. The van der Waals surface area contributed by atoms with Gasteiger partial charge in [-0.3, -0.25) is 4.79 Å². The number of thiophene rings is 1. The highest BCUT2D eigenvalue weighted by molar-refractivity contribution is 7.20. The van der Waals surface area contributed by atoms with Gasteiger partial charge in [0.1, 0.15) is 4.83 Å². The van der Waals surface area contributed by atoms with Crippen LogP contribution in [0.1, 0.15) is 33.4 Å². The number of para-hydroxylation sites is 1. The summed E-state index contributed by atoms with van der Waals surface area (Å²) in [6, 6.07) is 18.1. The zero-order chi connectivity index (χ0) is 19.0. The zero-order valence-electron chi connectivity index (χ0n) is 15.6. The van der Waals surface area contributed by atoms with Crippen molar-refractivity contribution in [3.63, 3.8) is 0 Å². The second-order valence-electron chi connectivity index (χ2n) is 6.62. The molecule has 0 saturated carbocycles. The third kappa shape index (κ3) is 3.26. The van der Waals surface area contributed by atoms with E-state index in [9.17, 15) is 4.79 Å². The van der Waals surface area contributed by atoms with Crippen LogP contribution in [-0.4, -0.2) is 15.7 Å². The monoisotopic (exact) mass is 375 g/mol. The molecule has 0 unspecified atom stereocenters. The molecule has 2 aromatic carbocycles. The third-order valence-corrected chi connectivity index (χ3v) is 5.84. The van der Waals surface area contributed by atoms with E-state index in [1.165, 1.54) is 16.9 Å². The van der Waals surface area contributed by atoms with Crippen LogP contribution in [0.25, 0.3) is 15.9 Å². The predicted octanol–water partition coefficient (Wildman–Crippen LogP) is 5.52. The van der Waals surface area contributed by atoms with Crippen LogP contribution in [-0.2, 0) is 6.42 Å². The van der Waals surface area contributed by atoms with Crippen LogP contribution in [0.2, 0.25) is 0 Å². The zero-order valence-corrected chi connectivity index (χ0v) is 16.4. The lowest BCUT2D eigenvalue weighted by Crippen LogP contribution is -2.10. The summed E-state index contributed by atoms with van der Waals surface area (Å²) in [6.07, 6.45) is 0.985. The van der Waals surface area contributed by atoms with Crippen molar-refractivity contribution in [2.24, 2.45) is 0 Å². The van der Waals surface area contributed by atoms with E-state index in [2.05, 4.69) is 36.4 Å². The number of hydrogen-bond donors (Lipinski definition) is 1. The van der Waals surface area contributed by atoms with Crippen molar-refractivity contribution in [2.45, 2.75) is 27.2 Å². The molecule has 4 rings (SSSR count). The molecule has 27 heavy (non-hydrogen) atoms. The van der Waals surface area contributed by atoms with E-state index in [1.807, 2.05) is 54.1 Å². The summed E-state index contributed by atoms with van der Waals surface area (Å²) in [5.41, 5.74) is 5.18. The van der Waals surface area contributed by atoms with Gasteiger partial charge >= 0.3 is 0 Å². The van der Waals surface area contributed by atoms with Crippen LogP contribution in [0, 0.1) is 13.8 Å². The molecule has 0 bridgehead atoms. The van der Waals surface area contributed by atoms with E-state index < -0.39 is 0 Å². The highest BCUT2D eigenvalue weighted by Crippen LogP contribution is 2.31. The lowest BCUT2D eigenvalue weighted by molar-refractivity contribution is 0.103. The van der Waals surface area contributed by atoms with Gasteiger partial charge in [0.25, 0.3) is 5.91 Å². The molecule has 0 aliphatic carbocycles. The second-order valence-corrected chi connectivity index (χ2v) is 7.65. The Hall–Kier alpha value is -2.92. The average molecular weight is 375 g/mol. The van der Waals surface area contributed by atoms with E-state index in [1.54, 1.807) is 0 Å². The number of fused-ring (bicyclic) bond motifs is 1. The summed E-state index contributed by atoms with van der Waals surface area (Å²) in [6.45, 7) is 6.17. The van der Waals surface area contributed by atoms with Crippen molar-refractivity contribution < 1.29 is 4.79 Å². The third-order valence-electron chi connectivity index (χ3n) is 4.73. The van der Waals surface area contributed by atoms with Gasteiger partial charge in [0.05, 0.1) is 16.3 Å². The molecule has 4 aromatic rings. The summed E-state index contributed by atoms with van der Waals surface area (Å²) in [7, 11) is 0. The molecule has 0 fully saturated rings. The Balaban J connectivity index is 1.68. The molecule has 0 atom stereocenters. The fraction of sp³-hybridized carbons (Fsp3) is 0.182. The second kappa shape index (κ2) is 7.00. The Morgan fingerprint density at radius 2 is 1.85 bits per heavy atom. The molecule has 0 aliphatic rings. The number of aryl methyl sites for hydroxylation is 3. The molecule has 1 amide bonds. The van der Waals surface area contributed by atoms with Crippen LogP contribution in [0.3, 0.4) is 0 Å². The van der Waals surface area contributed by atoms with Gasteiger partial charge in [0.15, 0.2) is 0 Å². The maximum Gasteiger partial charge on any atom is 0.265 e. The van der Waals surface area contributed by atoms with Gasteiger partial charge in [0, 0.05) is 11.1 Å². The first-order valence-corrected chi connectivity index (χ1v) is 9.84. The Kier molecular flexibility index (Phi) is 4.54. The molecule has 136 valence electrons. The predicted molar refractivity (Wildman–Crippen MR) is 112 cm³/mol. The first-order chi connectivity index (χ1) is 13.1. The summed E-state index contributed by atoms with van der Waals surface area (Å²) in [5, 5.41) is 8.69. The minimum atomic E-state index is -0.0869. The molecule has 2 aromatic heterocycles. The summed E-state index contributed by atoms with van der Waals surface area (Å²) in [5.74, 6) is -0.0869. The van der Waals surface area contributed by atoms with Crippen LogP contribution < -0.4 is 5.32 Å². The van der Waals surface area contributed by atoms with Crippen molar-refractivity contribution in [1.82, 2.24) is 9.78 Å². The number of rotatable bonds is 4. The van der Waals surface area contributed by atoms with E-state index in [0.29, 0.717) is 4.88 Å². The molecular formula is C22H21N3OS. The van der Waals surface area contributed by atoms with E-state index >= 15 is 0 Å². The Morgan fingerprint density at radius 3 is 2.56 bits per heavy atom. The van der Waals surface area contributed by atoms with Crippen LogP contribution in [0.5, 0.6) is 0 Å². The van der Waals surface area contributed by atoms with Gasteiger partial charge in [-0.1, -0.05) is 37.3 Å². The van der Waals surface area contributed by atoms with E-state index in [4.69, 9.17) is 0 Å². The SMILES string of the molecule is CCc1ccc(NC(=O)c2cc3c(C)nn(-c4ccccc4C)c3s2)cc1. The van der Waals surface area contributed by atoms with Crippen molar-refractivity contribution >= 4 is 33.1 Å². The van der Waals surface area contributed by atoms with Crippen molar-refractivity contribution in [2.75, 3.05) is 5.32 Å². The molecule has 0 spiro atoms. The molecule has 5 heteroatoms. The van der Waals surface area contributed by atoms with E-state index in [0.717, 1.165) is 39.3 Å². The largest absolute Gasteiger partial charge is 0.321 e. The quantitative estimate of drug-likeness (QED) is 0.510. The molecule has 1 N–H and O–H groups in total. The number of hydrogen-bond acceptors (Lipinski definition) is 3.